The van der Waals surface area contributed by atoms with E-state index in [1.54, 1.807) is 7.11 Å². The van der Waals surface area contributed by atoms with Crippen LogP contribution < -0.4 is 9.64 Å². The first-order valence-electron chi connectivity index (χ1n) is 14.6. The maximum absolute atomic E-state index is 9.95. The van der Waals surface area contributed by atoms with Crippen molar-refractivity contribution in [2.75, 3.05) is 12.0 Å². The van der Waals surface area contributed by atoms with E-state index in [0.29, 0.717) is 11.3 Å². The fourth-order valence-corrected chi connectivity index (χ4v) is 6.01. The lowest BCUT2D eigenvalue weighted by Crippen LogP contribution is -2.10. The van der Waals surface area contributed by atoms with Crippen LogP contribution in [0.2, 0.25) is 0 Å². The summed E-state index contributed by atoms with van der Waals surface area (Å²) in [7, 11) is 1.68. The van der Waals surface area contributed by atoms with Crippen LogP contribution in [0.4, 0.5) is 22.7 Å². The Bertz CT molecular complexity index is 2320. The summed E-state index contributed by atoms with van der Waals surface area (Å²) in [5.41, 5.74) is 6.36. The molecule has 0 atom stereocenters. The van der Waals surface area contributed by atoms with Gasteiger partial charge in [-0.2, -0.15) is 5.26 Å². The highest BCUT2D eigenvalue weighted by atomic mass is 16.5. The summed E-state index contributed by atoms with van der Waals surface area (Å²) in [6, 6.07) is 47.4. The van der Waals surface area contributed by atoms with E-state index in [0.717, 1.165) is 55.5 Å². The highest BCUT2D eigenvalue weighted by molar-refractivity contribution is 6.15. The standard InChI is InChI=1S/C41H27N3O/c1-43-41-37-12-6-5-11-35(37)39(27-42)36-25-18-29(26-38(36)41)15-14-28-16-19-31(20-17-28)44(32-21-23-33(45-2)24-22-32)40-13-7-9-30-8-3-4-10-34(30)40/h3-26H,2H3. The molecular weight excluding hydrogens is 550 g/mol. The molecule has 4 nitrogen and oxygen atoms in total. The minimum atomic E-state index is 0.575. The maximum atomic E-state index is 9.95. The van der Waals surface area contributed by atoms with E-state index < -0.39 is 0 Å². The molecule has 0 bridgehead atoms. The Kier molecular flexibility index (Phi) is 7.16. The smallest absolute Gasteiger partial charge is 0.202 e. The average molecular weight is 578 g/mol. The van der Waals surface area contributed by atoms with E-state index in [9.17, 15) is 5.26 Å². The van der Waals surface area contributed by atoms with Crippen molar-refractivity contribution in [3.05, 3.63) is 162 Å². The summed E-state index contributed by atoms with van der Waals surface area (Å²) < 4.78 is 5.42. The van der Waals surface area contributed by atoms with Gasteiger partial charge < -0.3 is 9.64 Å². The molecule has 0 saturated heterocycles. The molecule has 0 heterocycles. The first-order chi connectivity index (χ1) is 22.2. The number of anilines is 3. The lowest BCUT2D eigenvalue weighted by molar-refractivity contribution is 0.415. The van der Waals surface area contributed by atoms with E-state index in [2.05, 4.69) is 107 Å². The predicted octanol–water partition coefficient (Wildman–Crippen LogP) is 11.2. The fourth-order valence-electron chi connectivity index (χ4n) is 6.01. The second kappa shape index (κ2) is 11.7. The largest absolute Gasteiger partial charge is 0.497 e. The SMILES string of the molecule is [C-]#[N+]c1c2ccccc2c(C#N)c2ccc(C=Cc3ccc(N(c4ccc(OC)cc4)c4cccc5ccccc45)cc3)cc12. The molecule has 0 aliphatic carbocycles. The summed E-state index contributed by atoms with van der Waals surface area (Å²) in [4.78, 5) is 6.14. The molecule has 4 heteroatoms. The molecule has 7 aromatic carbocycles. The zero-order chi connectivity index (χ0) is 30.8. The van der Waals surface area contributed by atoms with Crippen LogP contribution in [-0.2, 0) is 0 Å². The van der Waals surface area contributed by atoms with E-state index in [1.165, 1.54) is 10.8 Å². The second-order valence-corrected chi connectivity index (χ2v) is 10.8. The normalized spacial score (nSPS) is 11.1. The Morgan fingerprint density at radius 1 is 0.644 bits per heavy atom. The summed E-state index contributed by atoms with van der Waals surface area (Å²) >= 11 is 0. The van der Waals surface area contributed by atoms with Crippen molar-refractivity contribution < 1.29 is 4.74 Å². The number of nitrogens with zero attached hydrogens (tertiary/aromatic N) is 3. The molecule has 0 N–H and O–H groups in total. The third kappa shape index (κ3) is 5.01. The monoisotopic (exact) mass is 577 g/mol. The Balaban J connectivity index is 1.26. The summed E-state index contributed by atoms with van der Waals surface area (Å²) in [5, 5.41) is 15.5. The highest BCUT2D eigenvalue weighted by Gasteiger charge is 2.16. The van der Waals surface area contributed by atoms with Crippen molar-refractivity contribution in [2.24, 2.45) is 0 Å². The topological polar surface area (TPSA) is 40.6 Å². The summed E-state index contributed by atoms with van der Waals surface area (Å²) in [6.07, 6.45) is 4.12. The Morgan fingerprint density at radius 2 is 1.24 bits per heavy atom. The van der Waals surface area contributed by atoms with Crippen LogP contribution >= 0.6 is 0 Å². The first-order valence-corrected chi connectivity index (χ1v) is 14.6. The van der Waals surface area contributed by atoms with Crippen LogP contribution in [0.5, 0.6) is 5.75 Å². The van der Waals surface area contributed by atoms with Gasteiger partial charge in [0.15, 0.2) is 0 Å². The minimum absolute atomic E-state index is 0.575. The van der Waals surface area contributed by atoms with Crippen molar-refractivity contribution in [3.8, 4) is 11.8 Å². The van der Waals surface area contributed by atoms with Crippen LogP contribution in [0.3, 0.4) is 0 Å². The number of hydrogen-bond donors (Lipinski definition) is 0. The third-order valence-electron chi connectivity index (χ3n) is 8.20. The van der Waals surface area contributed by atoms with Gasteiger partial charge in [-0.25, -0.2) is 4.85 Å². The molecule has 7 rings (SSSR count). The molecule has 0 unspecified atom stereocenters. The van der Waals surface area contributed by atoms with Crippen LogP contribution in [0.1, 0.15) is 16.7 Å². The Morgan fingerprint density at radius 3 is 1.96 bits per heavy atom. The summed E-state index contributed by atoms with van der Waals surface area (Å²) in [6.45, 7) is 7.90. The van der Waals surface area contributed by atoms with E-state index in [4.69, 9.17) is 11.3 Å². The van der Waals surface area contributed by atoms with Crippen LogP contribution in [0.15, 0.2) is 133 Å². The Hall–Kier alpha value is -6.36. The number of ether oxygens (including phenoxy) is 1. The molecule has 0 aromatic heterocycles. The first kappa shape index (κ1) is 27.5. The lowest BCUT2D eigenvalue weighted by atomic mass is 9.94. The van der Waals surface area contributed by atoms with Crippen LogP contribution in [0, 0.1) is 17.9 Å². The van der Waals surface area contributed by atoms with Gasteiger partial charge in [0.25, 0.3) is 0 Å². The van der Waals surface area contributed by atoms with E-state index in [1.807, 2.05) is 54.6 Å². The van der Waals surface area contributed by atoms with Gasteiger partial charge in [0.2, 0.25) is 5.69 Å². The van der Waals surface area contributed by atoms with Gasteiger partial charge in [-0.1, -0.05) is 103 Å². The van der Waals surface area contributed by atoms with Crippen molar-refractivity contribution >= 4 is 67.2 Å². The third-order valence-corrected chi connectivity index (χ3v) is 8.20. The number of nitriles is 1. The van der Waals surface area contributed by atoms with Crippen LogP contribution in [-0.4, -0.2) is 7.11 Å². The van der Waals surface area contributed by atoms with Gasteiger partial charge in [0, 0.05) is 16.8 Å². The van der Waals surface area contributed by atoms with Crippen molar-refractivity contribution in [1.82, 2.24) is 0 Å². The van der Waals surface area contributed by atoms with Crippen molar-refractivity contribution in [1.29, 1.82) is 5.26 Å². The highest BCUT2D eigenvalue weighted by Crippen LogP contribution is 2.40. The number of hydrogen-bond acceptors (Lipinski definition) is 3. The molecule has 0 aliphatic heterocycles. The van der Waals surface area contributed by atoms with E-state index >= 15 is 0 Å². The van der Waals surface area contributed by atoms with E-state index in [-0.39, 0.29) is 0 Å². The molecule has 212 valence electrons. The van der Waals surface area contributed by atoms with Crippen molar-refractivity contribution in [3.63, 3.8) is 0 Å². The van der Waals surface area contributed by atoms with Gasteiger partial charge in [0.05, 0.1) is 24.9 Å². The molecule has 0 fully saturated rings. The number of benzene rings is 7. The number of methoxy groups -OCH3 is 1. The van der Waals surface area contributed by atoms with Gasteiger partial charge in [-0.3, -0.25) is 0 Å². The van der Waals surface area contributed by atoms with Gasteiger partial charge in [0.1, 0.15) is 11.8 Å². The second-order valence-electron chi connectivity index (χ2n) is 10.8. The zero-order valence-corrected chi connectivity index (χ0v) is 24.6. The van der Waals surface area contributed by atoms with Crippen LogP contribution in [0.25, 0.3) is 49.3 Å². The molecule has 0 radical (unpaired) electrons. The number of fused-ring (bicyclic) bond motifs is 3. The predicted molar refractivity (Wildman–Crippen MR) is 187 cm³/mol. The van der Waals surface area contributed by atoms with Crippen molar-refractivity contribution in [2.45, 2.75) is 0 Å². The van der Waals surface area contributed by atoms with Gasteiger partial charge in [-0.15, -0.1) is 0 Å². The molecule has 0 spiro atoms. The molecule has 45 heavy (non-hydrogen) atoms. The molecule has 0 amide bonds. The summed E-state index contributed by atoms with van der Waals surface area (Å²) in [5.74, 6) is 0.811. The molecule has 0 aliphatic rings. The molecule has 7 aromatic rings. The fraction of sp³-hybridized carbons (Fsp3) is 0.0244. The minimum Gasteiger partial charge on any atom is -0.497 e. The quantitative estimate of drug-likeness (QED) is 0.112. The van der Waals surface area contributed by atoms with Gasteiger partial charge >= 0.3 is 0 Å². The zero-order valence-electron chi connectivity index (χ0n) is 24.6. The maximum Gasteiger partial charge on any atom is 0.202 e. The van der Waals surface area contributed by atoms with Gasteiger partial charge in [-0.05, 0) is 80.5 Å². The Labute approximate surface area is 262 Å². The lowest BCUT2D eigenvalue weighted by Gasteiger charge is -2.27. The average Bonchev–Trinajstić information content (AvgIpc) is 3.10. The molecular formula is C41H27N3O. The number of rotatable bonds is 6. The molecule has 0 saturated carbocycles.